The van der Waals surface area contributed by atoms with E-state index in [0.717, 1.165) is 25.7 Å². The Morgan fingerprint density at radius 3 is 2.13 bits per heavy atom. The summed E-state index contributed by atoms with van der Waals surface area (Å²) in [6.45, 7) is 6.18. The van der Waals surface area contributed by atoms with Crippen molar-refractivity contribution in [2.75, 3.05) is 26.2 Å². The lowest BCUT2D eigenvalue weighted by molar-refractivity contribution is -0.154. The molecule has 1 aliphatic carbocycles. The highest BCUT2D eigenvalue weighted by molar-refractivity contribution is 7.89. The van der Waals surface area contributed by atoms with Crippen LogP contribution >= 0.6 is 12.4 Å². The molecule has 2 aromatic rings. The van der Waals surface area contributed by atoms with Crippen molar-refractivity contribution in [2.24, 2.45) is 11.8 Å². The molecule has 8 nitrogen and oxygen atoms in total. The number of nitrogens with one attached hydrogen (secondary N) is 2. The Labute approximate surface area is 238 Å². The largest absolute Gasteiger partial charge is 0.342 e. The molecule has 2 amide bonds. The lowest BCUT2D eigenvalue weighted by Crippen LogP contribution is -2.66. The molecule has 0 bridgehead atoms. The Balaban J connectivity index is 0.00000353. The van der Waals surface area contributed by atoms with Crippen LogP contribution in [0.5, 0.6) is 0 Å². The fourth-order valence-electron chi connectivity index (χ4n) is 6.38. The highest BCUT2D eigenvalue weighted by atomic mass is 35.5. The summed E-state index contributed by atoms with van der Waals surface area (Å²) in [5.74, 6) is -0.290. The summed E-state index contributed by atoms with van der Waals surface area (Å²) >= 11 is 0. The van der Waals surface area contributed by atoms with Crippen LogP contribution in [0.4, 0.5) is 0 Å². The molecule has 10 heteroatoms. The molecule has 2 atom stereocenters. The van der Waals surface area contributed by atoms with Gasteiger partial charge in [-0.1, -0.05) is 69.2 Å². The minimum atomic E-state index is -3.73. The quantitative estimate of drug-likeness (QED) is 0.505. The standard InChI is InChI=1S/C29H38N4O4S.ClH/c1-3-20(4-2)27-28(34)31-26(24-17-21-9-5-6-10-22(21)18-24)29(35)33(27)19-23-11-7-8-12-25(23)38(36,37)32-15-13-30-14-16-32;/h5-12,20,24,26-27,30H,3-4,13-19H2,1-2H3,(H,31,34);1H/t26-,27-;/m1./s1. The molecule has 39 heavy (non-hydrogen) atoms. The van der Waals surface area contributed by atoms with Gasteiger partial charge in [-0.25, -0.2) is 8.42 Å². The van der Waals surface area contributed by atoms with E-state index in [2.05, 4.69) is 22.8 Å². The van der Waals surface area contributed by atoms with Crippen molar-refractivity contribution in [3.63, 3.8) is 0 Å². The zero-order valence-electron chi connectivity index (χ0n) is 22.6. The average Bonchev–Trinajstić information content (AvgIpc) is 3.37. The number of fused-ring (bicyclic) bond motifs is 1. The van der Waals surface area contributed by atoms with E-state index in [9.17, 15) is 18.0 Å². The van der Waals surface area contributed by atoms with E-state index in [1.807, 2.05) is 26.0 Å². The second kappa shape index (κ2) is 12.4. The lowest BCUT2D eigenvalue weighted by atomic mass is 9.86. The molecule has 3 aliphatic rings. The summed E-state index contributed by atoms with van der Waals surface area (Å²) in [7, 11) is -3.73. The summed E-state index contributed by atoms with van der Waals surface area (Å²) in [5.41, 5.74) is 3.00. The molecule has 0 saturated carbocycles. The first-order valence-corrected chi connectivity index (χ1v) is 15.3. The van der Waals surface area contributed by atoms with Crippen LogP contribution in [0, 0.1) is 11.8 Å². The minimum absolute atomic E-state index is 0. The molecule has 2 aliphatic heterocycles. The molecular weight excluding hydrogens is 536 g/mol. The number of hydrogen-bond acceptors (Lipinski definition) is 5. The third-order valence-corrected chi connectivity index (χ3v) is 10.5. The summed E-state index contributed by atoms with van der Waals surface area (Å²) in [4.78, 5) is 29.7. The van der Waals surface area contributed by atoms with Gasteiger partial charge < -0.3 is 15.5 Å². The first-order chi connectivity index (χ1) is 18.3. The van der Waals surface area contributed by atoms with E-state index in [-0.39, 0.29) is 47.5 Å². The van der Waals surface area contributed by atoms with Crippen molar-refractivity contribution in [1.29, 1.82) is 0 Å². The van der Waals surface area contributed by atoms with Gasteiger partial charge in [0.15, 0.2) is 0 Å². The molecule has 2 saturated heterocycles. The zero-order valence-corrected chi connectivity index (χ0v) is 24.3. The van der Waals surface area contributed by atoms with Gasteiger partial charge in [-0.3, -0.25) is 9.59 Å². The summed E-state index contributed by atoms with van der Waals surface area (Å²) in [6, 6.07) is 13.9. The highest BCUT2D eigenvalue weighted by Crippen LogP contribution is 2.34. The first kappa shape index (κ1) is 29.5. The van der Waals surface area contributed by atoms with Crippen LogP contribution in [0.3, 0.4) is 0 Å². The van der Waals surface area contributed by atoms with E-state index in [0.29, 0.717) is 31.7 Å². The molecule has 2 N–H and O–H groups in total. The van der Waals surface area contributed by atoms with Gasteiger partial charge in [0.1, 0.15) is 12.1 Å². The smallest absolute Gasteiger partial charge is 0.246 e. The van der Waals surface area contributed by atoms with Crippen LogP contribution in [0.25, 0.3) is 0 Å². The fraction of sp³-hybridized carbons (Fsp3) is 0.517. The van der Waals surface area contributed by atoms with Crippen LogP contribution in [0.2, 0.25) is 0 Å². The van der Waals surface area contributed by atoms with Crippen molar-refractivity contribution in [3.8, 4) is 0 Å². The Morgan fingerprint density at radius 1 is 0.923 bits per heavy atom. The summed E-state index contributed by atoms with van der Waals surface area (Å²) in [5, 5.41) is 6.29. The van der Waals surface area contributed by atoms with Gasteiger partial charge in [0.25, 0.3) is 0 Å². The third kappa shape index (κ3) is 5.73. The molecular formula is C29H39ClN4O4S. The van der Waals surface area contributed by atoms with Gasteiger partial charge >= 0.3 is 0 Å². The molecule has 2 aromatic carbocycles. The maximum absolute atomic E-state index is 14.2. The fourth-order valence-corrected chi connectivity index (χ4v) is 8.04. The van der Waals surface area contributed by atoms with Crippen LogP contribution in [0.1, 0.15) is 43.4 Å². The van der Waals surface area contributed by atoms with Gasteiger partial charge in [-0.2, -0.15) is 4.31 Å². The lowest BCUT2D eigenvalue weighted by Gasteiger charge is -2.44. The molecule has 2 fully saturated rings. The third-order valence-electron chi connectivity index (χ3n) is 8.51. The molecule has 2 heterocycles. The topological polar surface area (TPSA) is 98.8 Å². The predicted molar refractivity (Wildman–Crippen MR) is 153 cm³/mol. The number of halogens is 1. The number of sulfonamides is 1. The van der Waals surface area contributed by atoms with Crippen LogP contribution in [-0.2, 0) is 39.0 Å². The maximum Gasteiger partial charge on any atom is 0.246 e. The van der Waals surface area contributed by atoms with Crippen molar-refractivity contribution in [3.05, 3.63) is 65.2 Å². The van der Waals surface area contributed by atoms with Crippen molar-refractivity contribution >= 4 is 34.2 Å². The molecule has 0 aromatic heterocycles. The van der Waals surface area contributed by atoms with E-state index in [1.165, 1.54) is 15.4 Å². The Morgan fingerprint density at radius 2 is 1.51 bits per heavy atom. The van der Waals surface area contributed by atoms with Crippen molar-refractivity contribution in [2.45, 2.75) is 63.1 Å². The average molecular weight is 575 g/mol. The second-order valence-corrected chi connectivity index (χ2v) is 12.6. The number of benzene rings is 2. The van der Waals surface area contributed by atoms with Crippen molar-refractivity contribution < 1.29 is 18.0 Å². The second-order valence-electron chi connectivity index (χ2n) is 10.7. The minimum Gasteiger partial charge on any atom is -0.342 e. The van der Waals surface area contributed by atoms with Gasteiger partial charge in [0.05, 0.1) is 4.90 Å². The number of carbonyl (C=O) groups is 2. The van der Waals surface area contributed by atoms with Gasteiger partial charge in [-0.05, 0) is 47.4 Å². The van der Waals surface area contributed by atoms with E-state index >= 15 is 0 Å². The molecule has 5 rings (SSSR count). The Kier molecular flexibility index (Phi) is 9.37. The molecule has 212 valence electrons. The van der Waals surface area contributed by atoms with E-state index in [1.54, 1.807) is 29.2 Å². The highest BCUT2D eigenvalue weighted by Gasteiger charge is 2.47. The predicted octanol–water partition coefficient (Wildman–Crippen LogP) is 2.75. The van der Waals surface area contributed by atoms with Gasteiger partial charge in [0, 0.05) is 32.7 Å². The number of rotatable bonds is 8. The van der Waals surface area contributed by atoms with Gasteiger partial charge in [0.2, 0.25) is 21.8 Å². The Hall–Kier alpha value is -2.46. The first-order valence-electron chi connectivity index (χ1n) is 13.8. The zero-order chi connectivity index (χ0) is 26.9. The van der Waals surface area contributed by atoms with E-state index < -0.39 is 22.1 Å². The van der Waals surface area contributed by atoms with Crippen LogP contribution < -0.4 is 10.6 Å². The number of piperazine rings is 2. The van der Waals surface area contributed by atoms with E-state index in [4.69, 9.17) is 0 Å². The number of hydrogen-bond donors (Lipinski definition) is 2. The monoisotopic (exact) mass is 574 g/mol. The number of carbonyl (C=O) groups excluding carboxylic acids is 2. The molecule has 0 spiro atoms. The normalized spacial score (nSPS) is 22.5. The molecule has 0 unspecified atom stereocenters. The summed E-state index contributed by atoms with van der Waals surface area (Å²) < 4.78 is 28.8. The van der Waals surface area contributed by atoms with Gasteiger partial charge in [-0.15, -0.1) is 12.4 Å². The van der Waals surface area contributed by atoms with Crippen LogP contribution in [-0.4, -0.2) is 67.7 Å². The van der Waals surface area contributed by atoms with Crippen LogP contribution in [0.15, 0.2) is 53.4 Å². The maximum atomic E-state index is 14.2. The number of nitrogens with zero attached hydrogens (tertiary/aromatic N) is 2. The Bertz CT molecular complexity index is 1270. The molecule has 0 radical (unpaired) electrons. The van der Waals surface area contributed by atoms with Crippen molar-refractivity contribution in [1.82, 2.24) is 19.8 Å². The SMILES string of the molecule is CCC(CC)[C@@H]1C(=O)N[C@H](C2Cc3ccccc3C2)C(=O)N1Cc1ccccc1S(=O)(=O)N1CCNCC1.Cl. The summed E-state index contributed by atoms with van der Waals surface area (Å²) in [6.07, 6.45) is 2.98. The number of amides is 2.